The third-order valence-corrected chi connectivity index (χ3v) is 7.92. The fourth-order valence-electron chi connectivity index (χ4n) is 4.35. The molecule has 2 aromatic rings. The summed E-state index contributed by atoms with van der Waals surface area (Å²) in [4.78, 5) is 26.8. The molecular weight excluding hydrogens is 444 g/mol. The summed E-state index contributed by atoms with van der Waals surface area (Å²) in [5.41, 5.74) is 1.63. The average molecular weight is 473 g/mol. The molecular formula is C24H28N2O6S. The molecule has 9 heteroatoms. The van der Waals surface area contributed by atoms with Gasteiger partial charge in [-0.1, -0.05) is 18.2 Å². The highest BCUT2D eigenvalue weighted by Gasteiger charge is 2.33. The van der Waals surface area contributed by atoms with Gasteiger partial charge < -0.3 is 14.4 Å². The molecule has 0 bridgehead atoms. The number of nitrogens with zero attached hydrogens (tertiary/aromatic N) is 2. The lowest BCUT2D eigenvalue weighted by Gasteiger charge is -2.31. The first-order chi connectivity index (χ1) is 15.8. The van der Waals surface area contributed by atoms with Gasteiger partial charge in [0.15, 0.2) is 6.10 Å². The van der Waals surface area contributed by atoms with E-state index in [1.54, 1.807) is 17.0 Å². The highest BCUT2D eigenvalue weighted by atomic mass is 32.2. The second-order valence-electron chi connectivity index (χ2n) is 8.26. The lowest BCUT2D eigenvalue weighted by molar-refractivity contribution is -0.138. The second-order valence-corrected chi connectivity index (χ2v) is 10.1. The van der Waals surface area contributed by atoms with Gasteiger partial charge in [-0.05, 0) is 62.4 Å². The Labute approximate surface area is 194 Å². The zero-order chi connectivity index (χ0) is 23.6. The molecule has 1 saturated heterocycles. The third-order valence-electron chi connectivity index (χ3n) is 6.08. The van der Waals surface area contributed by atoms with E-state index in [2.05, 4.69) is 0 Å². The Kier molecular flexibility index (Phi) is 6.60. The van der Waals surface area contributed by atoms with Gasteiger partial charge in [0.05, 0.1) is 18.4 Å². The van der Waals surface area contributed by atoms with Crippen molar-refractivity contribution in [3.63, 3.8) is 0 Å². The molecule has 0 saturated carbocycles. The summed E-state index contributed by atoms with van der Waals surface area (Å²) >= 11 is 0. The van der Waals surface area contributed by atoms with Crippen LogP contribution in [-0.2, 0) is 26.0 Å². The average Bonchev–Trinajstić information content (AvgIpc) is 3.37. The van der Waals surface area contributed by atoms with Crippen molar-refractivity contribution in [2.75, 3.05) is 31.0 Å². The number of likely N-dealkylation sites (tertiary alicyclic amines) is 1. The highest BCUT2D eigenvalue weighted by molar-refractivity contribution is 7.93. The van der Waals surface area contributed by atoms with E-state index in [1.807, 2.05) is 12.1 Å². The molecule has 0 aliphatic carbocycles. The number of aryl methyl sites for hydroxylation is 1. The smallest absolute Gasteiger partial charge is 0.338 e. The van der Waals surface area contributed by atoms with Crippen molar-refractivity contribution >= 4 is 27.6 Å². The van der Waals surface area contributed by atoms with Gasteiger partial charge in [-0.25, -0.2) is 13.2 Å². The van der Waals surface area contributed by atoms with Crippen LogP contribution >= 0.6 is 0 Å². The number of benzene rings is 2. The quantitative estimate of drug-likeness (QED) is 0.600. The van der Waals surface area contributed by atoms with E-state index < -0.39 is 22.1 Å². The first-order valence-corrected chi connectivity index (χ1v) is 12.6. The first-order valence-electron chi connectivity index (χ1n) is 11.1. The van der Waals surface area contributed by atoms with Crippen LogP contribution in [0.1, 0.15) is 42.1 Å². The normalized spacial score (nSPS) is 16.8. The molecule has 8 nitrogen and oxygen atoms in total. The standard InChI is InChI=1S/C24H28N2O6S/c1-17(23(27)25-13-5-6-14-25)32-24(28)19-11-12-21(31-2)22(16-19)33(29,30)26-15-7-9-18-8-3-4-10-20(18)26/h3-4,8,10-12,16-17H,5-7,9,13-15H2,1-2H3. The number of sulfonamides is 1. The van der Waals surface area contributed by atoms with Crippen molar-refractivity contribution < 1.29 is 27.5 Å². The van der Waals surface area contributed by atoms with Crippen LogP contribution in [0.4, 0.5) is 5.69 Å². The Morgan fingerprint density at radius 2 is 1.73 bits per heavy atom. The van der Waals surface area contributed by atoms with E-state index in [-0.39, 0.29) is 22.1 Å². The van der Waals surface area contributed by atoms with Crippen molar-refractivity contribution in [1.29, 1.82) is 0 Å². The third kappa shape index (κ3) is 4.55. The van der Waals surface area contributed by atoms with Crippen LogP contribution in [0, 0.1) is 0 Å². The fraction of sp³-hybridized carbons (Fsp3) is 0.417. The number of carbonyl (C=O) groups excluding carboxylic acids is 2. The number of para-hydroxylation sites is 1. The largest absolute Gasteiger partial charge is 0.495 e. The molecule has 0 N–H and O–H groups in total. The minimum atomic E-state index is -4.01. The zero-order valence-electron chi connectivity index (χ0n) is 18.8. The lowest BCUT2D eigenvalue weighted by Crippen LogP contribution is -2.38. The second kappa shape index (κ2) is 9.43. The Bertz CT molecular complexity index is 1160. The maximum Gasteiger partial charge on any atom is 0.338 e. The first kappa shape index (κ1) is 23.1. The van der Waals surface area contributed by atoms with Gasteiger partial charge in [0.1, 0.15) is 10.6 Å². The predicted octanol–water partition coefficient (Wildman–Crippen LogP) is 3.00. The van der Waals surface area contributed by atoms with Crippen LogP contribution in [0.25, 0.3) is 0 Å². The van der Waals surface area contributed by atoms with Gasteiger partial charge in [-0.2, -0.15) is 0 Å². The molecule has 1 fully saturated rings. The van der Waals surface area contributed by atoms with Crippen molar-refractivity contribution in [1.82, 2.24) is 4.90 Å². The molecule has 0 aromatic heterocycles. The number of methoxy groups -OCH3 is 1. The van der Waals surface area contributed by atoms with Crippen molar-refractivity contribution in [2.45, 2.75) is 43.6 Å². The number of fused-ring (bicyclic) bond motifs is 1. The number of hydrogen-bond acceptors (Lipinski definition) is 6. The van der Waals surface area contributed by atoms with E-state index in [0.29, 0.717) is 31.7 Å². The molecule has 1 amide bonds. The summed E-state index contributed by atoms with van der Waals surface area (Å²) in [6.07, 6.45) is 2.41. The number of rotatable bonds is 6. The monoisotopic (exact) mass is 472 g/mol. The van der Waals surface area contributed by atoms with Crippen LogP contribution in [0.5, 0.6) is 5.75 Å². The molecule has 2 heterocycles. The van der Waals surface area contributed by atoms with E-state index in [0.717, 1.165) is 24.8 Å². The summed E-state index contributed by atoms with van der Waals surface area (Å²) in [5.74, 6) is -0.865. The SMILES string of the molecule is COc1ccc(C(=O)OC(C)C(=O)N2CCCC2)cc1S(=O)(=O)N1CCCc2ccccc21. The molecule has 0 spiro atoms. The van der Waals surface area contributed by atoms with Gasteiger partial charge in [0.25, 0.3) is 15.9 Å². The Morgan fingerprint density at radius 3 is 2.45 bits per heavy atom. The minimum absolute atomic E-state index is 0.0424. The molecule has 2 aliphatic rings. The summed E-state index contributed by atoms with van der Waals surface area (Å²) in [5, 5.41) is 0. The fourth-order valence-corrected chi connectivity index (χ4v) is 6.07. The van der Waals surface area contributed by atoms with Gasteiger partial charge in [-0.15, -0.1) is 0 Å². The van der Waals surface area contributed by atoms with Crippen LogP contribution in [0.2, 0.25) is 0 Å². The van der Waals surface area contributed by atoms with Crippen LogP contribution in [-0.4, -0.2) is 58.0 Å². The number of esters is 1. The van der Waals surface area contributed by atoms with Crippen LogP contribution < -0.4 is 9.04 Å². The minimum Gasteiger partial charge on any atom is -0.495 e. The van der Waals surface area contributed by atoms with Crippen molar-refractivity contribution in [3.05, 3.63) is 53.6 Å². The molecule has 176 valence electrons. The van der Waals surface area contributed by atoms with E-state index in [1.165, 1.54) is 36.5 Å². The van der Waals surface area contributed by atoms with Crippen LogP contribution in [0.15, 0.2) is 47.4 Å². The molecule has 1 unspecified atom stereocenters. The van der Waals surface area contributed by atoms with Crippen LogP contribution in [0.3, 0.4) is 0 Å². The highest BCUT2D eigenvalue weighted by Crippen LogP contribution is 2.35. The van der Waals surface area contributed by atoms with Gasteiger partial charge in [0.2, 0.25) is 0 Å². The number of ether oxygens (including phenoxy) is 2. The maximum atomic E-state index is 13.6. The number of carbonyl (C=O) groups is 2. The Morgan fingerprint density at radius 1 is 1.00 bits per heavy atom. The predicted molar refractivity (Wildman–Crippen MR) is 123 cm³/mol. The number of anilines is 1. The van der Waals surface area contributed by atoms with Gasteiger partial charge in [-0.3, -0.25) is 9.10 Å². The molecule has 2 aliphatic heterocycles. The summed E-state index contributed by atoms with van der Waals surface area (Å²) in [6.45, 7) is 3.18. The maximum absolute atomic E-state index is 13.6. The Hall–Kier alpha value is -3.07. The molecule has 4 rings (SSSR count). The molecule has 33 heavy (non-hydrogen) atoms. The zero-order valence-corrected chi connectivity index (χ0v) is 19.6. The summed E-state index contributed by atoms with van der Waals surface area (Å²) < 4.78 is 39.3. The molecule has 0 radical (unpaired) electrons. The molecule has 1 atom stereocenters. The number of hydrogen-bond donors (Lipinski definition) is 0. The van der Waals surface area contributed by atoms with Gasteiger partial charge in [0, 0.05) is 19.6 Å². The van der Waals surface area contributed by atoms with Crippen molar-refractivity contribution in [2.24, 2.45) is 0 Å². The summed E-state index contributed by atoms with van der Waals surface area (Å²) in [7, 11) is -2.62. The topological polar surface area (TPSA) is 93.2 Å². The summed E-state index contributed by atoms with van der Waals surface area (Å²) in [6, 6.07) is 11.5. The molecule has 2 aromatic carbocycles. The van der Waals surface area contributed by atoms with Crippen molar-refractivity contribution in [3.8, 4) is 5.75 Å². The lowest BCUT2D eigenvalue weighted by atomic mass is 10.0. The van der Waals surface area contributed by atoms with E-state index >= 15 is 0 Å². The van der Waals surface area contributed by atoms with Gasteiger partial charge >= 0.3 is 5.97 Å². The van der Waals surface area contributed by atoms with E-state index in [4.69, 9.17) is 9.47 Å². The number of amides is 1. The van der Waals surface area contributed by atoms with E-state index in [9.17, 15) is 18.0 Å². The Balaban J connectivity index is 1.62.